The van der Waals surface area contributed by atoms with Gasteiger partial charge in [0, 0.05) is 16.8 Å². The molecule has 0 spiro atoms. The van der Waals surface area contributed by atoms with Gasteiger partial charge in [-0.05, 0) is 20.8 Å². The number of esters is 1. The quantitative estimate of drug-likeness (QED) is 0.777. The van der Waals surface area contributed by atoms with Gasteiger partial charge in [-0.2, -0.15) is 13.4 Å². The maximum absolute atomic E-state index is 12.2. The molecule has 9 nitrogen and oxygen atoms in total. The molecule has 3 rings (SSSR count). The summed E-state index contributed by atoms with van der Waals surface area (Å²) in [6.07, 6.45) is -0.880. The number of aromatic nitrogens is 2. The maximum Gasteiger partial charge on any atom is 0.342 e. The average molecular weight is 390 g/mol. The normalized spacial score (nSPS) is 17.1. The zero-order valence-corrected chi connectivity index (χ0v) is 15.8. The van der Waals surface area contributed by atoms with Crippen molar-refractivity contribution in [3.8, 4) is 11.4 Å². The molecule has 10 heteroatoms. The van der Waals surface area contributed by atoms with Crippen molar-refractivity contribution in [3.05, 3.63) is 47.5 Å². The van der Waals surface area contributed by atoms with Crippen molar-refractivity contribution in [3.63, 3.8) is 0 Å². The van der Waals surface area contributed by atoms with Gasteiger partial charge in [-0.1, -0.05) is 35.5 Å². The molecule has 2 aromatic rings. The Morgan fingerprint density at radius 3 is 2.63 bits per heavy atom. The van der Waals surface area contributed by atoms with E-state index in [0.717, 1.165) is 5.56 Å². The summed E-state index contributed by atoms with van der Waals surface area (Å²) in [5, 5.41) is 3.89. The van der Waals surface area contributed by atoms with E-state index in [1.807, 2.05) is 30.3 Å². The second-order valence-corrected chi connectivity index (χ2v) is 7.33. The number of nitrogens with one attached hydrogen (secondary N) is 1. The van der Waals surface area contributed by atoms with E-state index in [1.54, 1.807) is 13.8 Å². The van der Waals surface area contributed by atoms with Crippen LogP contribution in [-0.2, 0) is 19.7 Å². The Labute approximate surface area is 156 Å². The molecule has 0 fully saturated rings. The first kappa shape index (κ1) is 18.8. The number of rotatable bonds is 5. The van der Waals surface area contributed by atoms with Crippen LogP contribution in [0.2, 0.25) is 0 Å². The topological polar surface area (TPSA) is 124 Å². The largest absolute Gasteiger partial charge is 0.452 e. The van der Waals surface area contributed by atoms with Gasteiger partial charge < -0.3 is 9.26 Å². The van der Waals surface area contributed by atoms with Gasteiger partial charge in [0.05, 0.1) is 12.1 Å². The van der Waals surface area contributed by atoms with E-state index in [0.29, 0.717) is 17.1 Å². The highest BCUT2D eigenvalue weighted by Crippen LogP contribution is 2.22. The number of ether oxygens (including phenoxy) is 1. The average Bonchev–Trinajstić information content (AvgIpc) is 3.08. The summed E-state index contributed by atoms with van der Waals surface area (Å²) in [7, 11) is -3.74. The highest BCUT2D eigenvalue weighted by atomic mass is 32.2. The van der Waals surface area contributed by atoms with Crippen LogP contribution in [0.1, 0.15) is 39.2 Å². The van der Waals surface area contributed by atoms with Crippen molar-refractivity contribution in [1.29, 1.82) is 0 Å². The lowest BCUT2D eigenvalue weighted by molar-refractivity contribution is -0.148. The first-order valence-electron chi connectivity index (χ1n) is 8.13. The van der Waals surface area contributed by atoms with Gasteiger partial charge in [-0.3, -0.25) is 9.52 Å². The molecule has 142 valence electrons. The molecular weight excluding hydrogens is 372 g/mol. The summed E-state index contributed by atoms with van der Waals surface area (Å²) in [6.45, 7) is 4.70. The van der Waals surface area contributed by atoms with Crippen LogP contribution in [0.5, 0.6) is 0 Å². The van der Waals surface area contributed by atoms with Gasteiger partial charge in [-0.15, -0.1) is 4.40 Å². The summed E-state index contributed by atoms with van der Waals surface area (Å²) in [5.74, 6) is 0.00585. The minimum Gasteiger partial charge on any atom is -0.452 e. The van der Waals surface area contributed by atoms with Gasteiger partial charge in [0.25, 0.3) is 5.89 Å². The molecule has 0 bridgehead atoms. The molecule has 0 saturated heterocycles. The minimum absolute atomic E-state index is 0.131. The number of allylic oxidation sites excluding steroid dienone is 1. The Bertz CT molecular complexity index is 1020. The smallest absolute Gasteiger partial charge is 0.342 e. The molecule has 0 unspecified atom stereocenters. The van der Waals surface area contributed by atoms with E-state index < -0.39 is 22.3 Å². The Hall–Kier alpha value is -3.01. The molecule has 2 heterocycles. The van der Waals surface area contributed by atoms with E-state index in [4.69, 9.17) is 9.26 Å². The van der Waals surface area contributed by atoms with Crippen LogP contribution >= 0.6 is 0 Å². The summed E-state index contributed by atoms with van der Waals surface area (Å²) < 4.78 is 39.3. The standard InChI is InChI=1S/C17H18N4O5S/c1-10-14(11(2)21-27(23,24)20-10)9-15(22)25-12(3)17-18-16(19-26-17)13-7-5-4-6-8-13/h4-8,12,20H,9H2,1-3H3/t12-/m1/s1. The fourth-order valence-electron chi connectivity index (χ4n) is 2.58. The molecule has 0 radical (unpaired) electrons. The number of hydrogen-bond donors (Lipinski definition) is 1. The van der Waals surface area contributed by atoms with E-state index in [-0.39, 0.29) is 18.0 Å². The fraction of sp³-hybridized carbons (Fsp3) is 0.294. The number of nitrogens with zero attached hydrogens (tertiary/aromatic N) is 3. The molecule has 0 amide bonds. The van der Waals surface area contributed by atoms with Crippen LogP contribution in [-0.4, -0.2) is 30.2 Å². The lowest BCUT2D eigenvalue weighted by Gasteiger charge is -2.18. The molecule has 1 aromatic carbocycles. The van der Waals surface area contributed by atoms with Crippen molar-refractivity contribution >= 4 is 21.9 Å². The van der Waals surface area contributed by atoms with Crippen LogP contribution in [0, 0.1) is 0 Å². The Balaban J connectivity index is 1.67. The number of carbonyl (C=O) groups excluding carboxylic acids is 1. The molecule has 1 N–H and O–H groups in total. The van der Waals surface area contributed by atoms with Crippen LogP contribution in [0.3, 0.4) is 0 Å². The summed E-state index contributed by atoms with van der Waals surface area (Å²) in [5.41, 5.74) is 1.85. The van der Waals surface area contributed by atoms with Crippen LogP contribution in [0.15, 0.2) is 50.5 Å². The summed E-state index contributed by atoms with van der Waals surface area (Å²) in [4.78, 5) is 16.5. The predicted molar refractivity (Wildman–Crippen MR) is 96.7 cm³/mol. The third-order valence-electron chi connectivity index (χ3n) is 3.88. The SMILES string of the molecule is CC1=NS(=O)(=O)NC(C)=C1CC(=O)O[C@H](C)c1nc(-c2ccccc2)no1. The minimum atomic E-state index is -3.74. The first-order valence-corrected chi connectivity index (χ1v) is 9.57. The first-order chi connectivity index (χ1) is 12.7. The van der Waals surface area contributed by atoms with Gasteiger partial charge in [0.15, 0.2) is 6.10 Å². The highest BCUT2D eigenvalue weighted by molar-refractivity contribution is 7.88. The van der Waals surface area contributed by atoms with Crippen LogP contribution in [0.4, 0.5) is 0 Å². The van der Waals surface area contributed by atoms with Crippen molar-refractivity contribution in [2.24, 2.45) is 4.40 Å². The lowest BCUT2D eigenvalue weighted by atomic mass is 10.1. The molecule has 1 atom stereocenters. The monoisotopic (exact) mass is 390 g/mol. The second kappa shape index (κ2) is 7.31. The number of benzene rings is 1. The summed E-state index contributed by atoms with van der Waals surface area (Å²) >= 11 is 0. The van der Waals surface area contributed by atoms with E-state index in [1.165, 1.54) is 6.92 Å². The number of carbonyl (C=O) groups is 1. The number of hydrogen-bond acceptors (Lipinski definition) is 7. The maximum atomic E-state index is 12.2. The van der Waals surface area contributed by atoms with E-state index in [9.17, 15) is 13.2 Å². The van der Waals surface area contributed by atoms with Crippen molar-refractivity contribution in [2.45, 2.75) is 33.3 Å². The third kappa shape index (κ3) is 4.40. The Morgan fingerprint density at radius 1 is 1.26 bits per heavy atom. The van der Waals surface area contributed by atoms with Crippen molar-refractivity contribution in [1.82, 2.24) is 14.9 Å². The van der Waals surface area contributed by atoms with Gasteiger partial charge in [0.1, 0.15) is 0 Å². The molecule has 0 saturated carbocycles. The van der Waals surface area contributed by atoms with Crippen molar-refractivity contribution < 1.29 is 22.5 Å². The third-order valence-corrected chi connectivity index (χ3v) is 4.96. The molecular formula is C17H18N4O5S. The van der Waals surface area contributed by atoms with Crippen LogP contribution < -0.4 is 4.72 Å². The zero-order valence-electron chi connectivity index (χ0n) is 15.0. The molecule has 27 heavy (non-hydrogen) atoms. The molecule has 1 aromatic heterocycles. The van der Waals surface area contributed by atoms with E-state index >= 15 is 0 Å². The molecule has 1 aliphatic rings. The summed E-state index contributed by atoms with van der Waals surface area (Å²) in [6, 6.07) is 9.27. The Kier molecular flexibility index (Phi) is 5.08. The predicted octanol–water partition coefficient (Wildman–Crippen LogP) is 2.31. The second-order valence-electron chi connectivity index (χ2n) is 5.99. The lowest BCUT2D eigenvalue weighted by Crippen LogP contribution is -2.29. The molecule has 1 aliphatic heterocycles. The fourth-order valence-corrected chi connectivity index (χ4v) is 3.61. The highest BCUT2D eigenvalue weighted by Gasteiger charge is 2.25. The zero-order chi connectivity index (χ0) is 19.6. The van der Waals surface area contributed by atoms with E-state index in [2.05, 4.69) is 19.3 Å². The molecule has 0 aliphatic carbocycles. The van der Waals surface area contributed by atoms with Crippen LogP contribution in [0.25, 0.3) is 11.4 Å². The Morgan fingerprint density at radius 2 is 1.96 bits per heavy atom. The van der Waals surface area contributed by atoms with Gasteiger partial charge in [0.2, 0.25) is 5.82 Å². The van der Waals surface area contributed by atoms with Gasteiger partial charge >= 0.3 is 16.2 Å². The van der Waals surface area contributed by atoms with Crippen molar-refractivity contribution in [2.75, 3.05) is 0 Å². The van der Waals surface area contributed by atoms with Gasteiger partial charge in [-0.25, -0.2) is 0 Å².